The van der Waals surface area contributed by atoms with Crippen molar-refractivity contribution in [3.05, 3.63) is 96.6 Å². The second-order valence-electron chi connectivity index (χ2n) is 11.7. The van der Waals surface area contributed by atoms with Crippen molar-refractivity contribution in [3.8, 4) is 0 Å². The lowest BCUT2D eigenvalue weighted by molar-refractivity contribution is -0.0800. The minimum atomic E-state index is -3.47. The molecular weight excluding hydrogens is 479 g/mol. The number of carbonyl (C=O) groups is 1. The summed E-state index contributed by atoms with van der Waals surface area (Å²) >= 11 is 0. The Hall–Kier alpha value is -2.68. The van der Waals surface area contributed by atoms with Crippen molar-refractivity contribution >= 4 is 23.9 Å². The first-order chi connectivity index (χ1) is 17.4. The van der Waals surface area contributed by atoms with E-state index in [4.69, 9.17) is 9.26 Å². The Morgan fingerprint density at radius 3 is 1.49 bits per heavy atom. The molecule has 0 aromatic heterocycles. The van der Waals surface area contributed by atoms with Gasteiger partial charge < -0.3 is 9.26 Å². The van der Waals surface area contributed by atoms with E-state index >= 15 is 0 Å². The highest BCUT2D eigenvalue weighted by Crippen LogP contribution is 2.52. The lowest BCUT2D eigenvalue weighted by atomic mass is 9.71. The predicted molar refractivity (Wildman–Crippen MR) is 153 cm³/mol. The zero-order chi connectivity index (χ0) is 27.3. The van der Waals surface area contributed by atoms with E-state index in [1.807, 2.05) is 78.9 Å². The van der Waals surface area contributed by atoms with E-state index in [1.165, 1.54) is 0 Å². The largest absolute Gasteiger partial charge is 0.458 e. The second kappa shape index (κ2) is 11.8. The summed E-state index contributed by atoms with van der Waals surface area (Å²) in [5.41, 5.74) is -0.247. The Labute approximate surface area is 222 Å². The molecule has 3 aromatic rings. The molecule has 3 atom stereocenters. The standard InChI is InChI=1S/C32H41O4P/c1-8-27(28(31(2,3)4)35-30(33)24-18-12-9-13-19-24)29(32(5,6)7)36-37(34,25-20-14-10-15-21-25)26-22-16-11-17-23-26/h9-23,27-29H,8H2,1-7H3. The normalized spacial score (nSPS) is 15.0. The van der Waals surface area contributed by atoms with Crippen LogP contribution in [0.5, 0.6) is 0 Å². The van der Waals surface area contributed by atoms with E-state index in [1.54, 1.807) is 12.1 Å². The molecule has 0 bridgehead atoms. The molecule has 0 N–H and O–H groups in total. The van der Waals surface area contributed by atoms with Crippen LogP contribution in [0.1, 0.15) is 65.2 Å². The molecule has 5 heteroatoms. The molecule has 0 saturated heterocycles. The van der Waals surface area contributed by atoms with Crippen molar-refractivity contribution < 1.29 is 18.6 Å². The van der Waals surface area contributed by atoms with Crippen LogP contribution < -0.4 is 10.6 Å². The van der Waals surface area contributed by atoms with E-state index in [9.17, 15) is 9.36 Å². The zero-order valence-corrected chi connectivity index (χ0v) is 24.1. The Morgan fingerprint density at radius 2 is 1.11 bits per heavy atom. The fourth-order valence-electron chi connectivity index (χ4n) is 4.81. The monoisotopic (exact) mass is 520 g/mol. The molecule has 0 saturated carbocycles. The molecule has 0 aliphatic heterocycles. The van der Waals surface area contributed by atoms with Gasteiger partial charge in [0.05, 0.1) is 11.7 Å². The molecule has 3 rings (SSSR count). The summed E-state index contributed by atoms with van der Waals surface area (Å²) in [5, 5.41) is 1.30. The molecule has 3 aromatic carbocycles. The molecule has 0 spiro atoms. The van der Waals surface area contributed by atoms with Crippen molar-refractivity contribution in [2.75, 3.05) is 0 Å². The average Bonchev–Trinajstić information content (AvgIpc) is 2.88. The molecule has 3 unspecified atom stereocenters. The van der Waals surface area contributed by atoms with Crippen LogP contribution >= 0.6 is 7.37 Å². The molecule has 0 heterocycles. The van der Waals surface area contributed by atoms with Gasteiger partial charge in [-0.1, -0.05) is 103 Å². The highest BCUT2D eigenvalue weighted by molar-refractivity contribution is 7.74. The minimum absolute atomic E-state index is 0.201. The number of esters is 1. The van der Waals surface area contributed by atoms with Gasteiger partial charge in [-0.15, -0.1) is 0 Å². The van der Waals surface area contributed by atoms with Crippen molar-refractivity contribution in [2.24, 2.45) is 16.7 Å². The Balaban J connectivity index is 2.09. The third kappa shape index (κ3) is 7.00. The van der Waals surface area contributed by atoms with Gasteiger partial charge in [0.25, 0.3) is 7.37 Å². The van der Waals surface area contributed by atoms with E-state index < -0.39 is 19.6 Å². The van der Waals surface area contributed by atoms with E-state index in [0.717, 1.165) is 0 Å². The van der Waals surface area contributed by atoms with Gasteiger partial charge in [0.2, 0.25) is 0 Å². The van der Waals surface area contributed by atoms with Crippen LogP contribution in [-0.2, 0) is 13.8 Å². The first-order valence-electron chi connectivity index (χ1n) is 13.0. The second-order valence-corrected chi connectivity index (χ2v) is 14.1. The Kier molecular flexibility index (Phi) is 9.21. The van der Waals surface area contributed by atoms with E-state index in [2.05, 4.69) is 48.5 Å². The van der Waals surface area contributed by atoms with Crippen molar-refractivity contribution in [2.45, 2.75) is 67.1 Å². The maximum absolute atomic E-state index is 14.9. The molecule has 0 fully saturated rings. The molecule has 4 nitrogen and oxygen atoms in total. The third-order valence-corrected chi connectivity index (χ3v) is 9.13. The van der Waals surface area contributed by atoms with Gasteiger partial charge in [-0.05, 0) is 53.6 Å². The number of ether oxygens (including phenoxy) is 1. The van der Waals surface area contributed by atoms with E-state index in [0.29, 0.717) is 22.6 Å². The summed E-state index contributed by atoms with van der Waals surface area (Å²) in [4.78, 5) is 13.2. The molecule has 0 amide bonds. The molecule has 0 aliphatic rings. The Morgan fingerprint density at radius 1 is 0.703 bits per heavy atom. The van der Waals surface area contributed by atoms with Gasteiger partial charge in [0, 0.05) is 16.5 Å². The van der Waals surface area contributed by atoms with Crippen molar-refractivity contribution in [1.82, 2.24) is 0 Å². The van der Waals surface area contributed by atoms with Gasteiger partial charge >= 0.3 is 5.97 Å². The number of hydrogen-bond acceptors (Lipinski definition) is 4. The van der Waals surface area contributed by atoms with Crippen LogP contribution in [0.4, 0.5) is 0 Å². The smallest absolute Gasteiger partial charge is 0.338 e. The highest BCUT2D eigenvalue weighted by atomic mass is 31.2. The summed E-state index contributed by atoms with van der Waals surface area (Å²) in [6.07, 6.45) is -0.235. The summed E-state index contributed by atoms with van der Waals surface area (Å²) in [7, 11) is -3.47. The lowest BCUT2D eigenvalue weighted by Gasteiger charge is -2.45. The van der Waals surface area contributed by atoms with Crippen molar-refractivity contribution in [1.29, 1.82) is 0 Å². The summed E-state index contributed by atoms with van der Waals surface area (Å²) in [5.74, 6) is -0.561. The van der Waals surface area contributed by atoms with Crippen LogP contribution in [0.15, 0.2) is 91.0 Å². The van der Waals surface area contributed by atoms with Crippen LogP contribution in [-0.4, -0.2) is 18.2 Å². The van der Waals surface area contributed by atoms with Crippen LogP contribution in [0.25, 0.3) is 0 Å². The first-order valence-corrected chi connectivity index (χ1v) is 14.7. The third-order valence-electron chi connectivity index (χ3n) is 6.65. The highest BCUT2D eigenvalue weighted by Gasteiger charge is 2.47. The van der Waals surface area contributed by atoms with Gasteiger partial charge in [-0.3, -0.25) is 4.57 Å². The topological polar surface area (TPSA) is 52.6 Å². The molecule has 0 aliphatic carbocycles. The van der Waals surface area contributed by atoms with Gasteiger partial charge in [0.1, 0.15) is 6.10 Å². The van der Waals surface area contributed by atoms with Crippen LogP contribution in [0.3, 0.4) is 0 Å². The fraction of sp³-hybridized carbons (Fsp3) is 0.406. The van der Waals surface area contributed by atoms with Gasteiger partial charge in [0.15, 0.2) is 0 Å². The minimum Gasteiger partial charge on any atom is -0.458 e. The molecule has 37 heavy (non-hydrogen) atoms. The maximum Gasteiger partial charge on any atom is 0.338 e. The quantitative estimate of drug-likeness (QED) is 0.215. The van der Waals surface area contributed by atoms with Gasteiger partial charge in [-0.2, -0.15) is 0 Å². The molecule has 198 valence electrons. The summed E-state index contributed by atoms with van der Waals surface area (Å²) in [6.45, 7) is 14.6. The van der Waals surface area contributed by atoms with Crippen LogP contribution in [0, 0.1) is 16.7 Å². The summed E-state index contributed by atoms with van der Waals surface area (Å²) in [6, 6.07) is 27.9. The lowest BCUT2D eigenvalue weighted by Crippen LogP contribution is -2.48. The summed E-state index contributed by atoms with van der Waals surface area (Å²) < 4.78 is 28.0. The number of benzene rings is 3. The zero-order valence-electron chi connectivity index (χ0n) is 23.2. The maximum atomic E-state index is 14.9. The van der Waals surface area contributed by atoms with E-state index in [-0.39, 0.29) is 22.7 Å². The Bertz CT molecular complexity index is 1130. The average molecular weight is 521 g/mol. The SMILES string of the molecule is CCC(C(OC(=O)c1ccccc1)C(C)(C)C)C(OP(=O)(c1ccccc1)c1ccccc1)C(C)(C)C. The molecular formula is C32H41O4P. The number of carbonyl (C=O) groups excluding carboxylic acids is 1. The first kappa shape index (κ1) is 28.9. The number of hydrogen-bond donors (Lipinski definition) is 0. The van der Waals surface area contributed by atoms with Crippen molar-refractivity contribution in [3.63, 3.8) is 0 Å². The van der Waals surface area contributed by atoms with Crippen LogP contribution in [0.2, 0.25) is 0 Å². The van der Waals surface area contributed by atoms with Gasteiger partial charge in [-0.25, -0.2) is 4.79 Å². The fourth-order valence-corrected chi connectivity index (χ4v) is 7.27. The predicted octanol–water partition coefficient (Wildman–Crippen LogP) is 7.64. The number of rotatable bonds is 9. The molecule has 0 radical (unpaired) electrons.